The van der Waals surface area contributed by atoms with Crippen molar-refractivity contribution in [3.05, 3.63) is 95.3 Å². The average Bonchev–Trinajstić information content (AvgIpc) is 2.75. The number of amides is 2. The van der Waals surface area contributed by atoms with E-state index in [0.29, 0.717) is 27.7 Å². The van der Waals surface area contributed by atoms with E-state index in [2.05, 4.69) is 5.32 Å². The van der Waals surface area contributed by atoms with Gasteiger partial charge in [-0.15, -0.1) is 0 Å². The van der Waals surface area contributed by atoms with Crippen molar-refractivity contribution in [2.24, 2.45) is 5.73 Å². The molecule has 0 radical (unpaired) electrons. The number of nitrogens with zero attached hydrogens (tertiary/aromatic N) is 1. The number of nitrogens with one attached hydrogen (secondary N) is 1. The Morgan fingerprint density at radius 1 is 0.967 bits per heavy atom. The largest absolute Gasteiger partial charge is 0.366 e. The summed E-state index contributed by atoms with van der Waals surface area (Å²) >= 11 is 0. The van der Waals surface area contributed by atoms with Crippen LogP contribution in [0.15, 0.2) is 72.8 Å². The van der Waals surface area contributed by atoms with E-state index in [1.54, 1.807) is 0 Å². The molecule has 0 aliphatic rings. The Kier molecular flexibility index (Phi) is 4.98. The Morgan fingerprint density at radius 3 is 2.37 bits per heavy atom. The van der Waals surface area contributed by atoms with Crippen molar-refractivity contribution in [2.45, 2.75) is 6.92 Å². The zero-order chi connectivity index (χ0) is 21.3. The van der Waals surface area contributed by atoms with Gasteiger partial charge in [0.25, 0.3) is 5.91 Å². The van der Waals surface area contributed by atoms with Crippen molar-refractivity contribution >= 4 is 28.4 Å². The molecule has 3 N–H and O–H groups in total. The Labute approximate surface area is 172 Å². The second-order valence-electron chi connectivity index (χ2n) is 6.86. The molecule has 30 heavy (non-hydrogen) atoms. The van der Waals surface area contributed by atoms with Gasteiger partial charge in [0.1, 0.15) is 5.82 Å². The lowest BCUT2D eigenvalue weighted by Gasteiger charge is -2.15. The molecule has 148 valence electrons. The molecule has 0 unspecified atom stereocenters. The maximum atomic E-state index is 14.4. The molecule has 5 nitrogen and oxygen atoms in total. The third-order valence-electron chi connectivity index (χ3n) is 4.91. The molecule has 0 spiro atoms. The fraction of sp³-hybridized carbons (Fsp3) is 0.0417. The topological polar surface area (TPSA) is 85.1 Å². The first kappa shape index (κ1) is 19.3. The minimum atomic E-state index is -0.741. The molecule has 0 saturated heterocycles. The van der Waals surface area contributed by atoms with E-state index in [1.165, 1.54) is 12.1 Å². The Hall–Kier alpha value is -4.06. The van der Waals surface area contributed by atoms with Gasteiger partial charge in [-0.3, -0.25) is 9.59 Å². The number of hydrogen-bond donors (Lipinski definition) is 2. The normalized spacial score (nSPS) is 10.7. The molecule has 0 aliphatic carbocycles. The Bertz CT molecular complexity index is 1290. The highest BCUT2D eigenvalue weighted by Gasteiger charge is 2.20. The number of halogens is 1. The van der Waals surface area contributed by atoms with Crippen LogP contribution in [0.1, 0.15) is 26.3 Å². The molecule has 2 amide bonds. The number of rotatable bonds is 4. The third-order valence-corrected chi connectivity index (χ3v) is 4.91. The van der Waals surface area contributed by atoms with Crippen molar-refractivity contribution in [3.63, 3.8) is 0 Å². The zero-order valence-corrected chi connectivity index (χ0v) is 16.1. The van der Waals surface area contributed by atoms with Crippen molar-refractivity contribution in [1.29, 1.82) is 0 Å². The molecule has 0 bridgehead atoms. The van der Waals surface area contributed by atoms with Crippen LogP contribution in [0.3, 0.4) is 0 Å². The number of carbonyl (C=O) groups is 2. The van der Waals surface area contributed by atoms with E-state index in [9.17, 15) is 14.0 Å². The van der Waals surface area contributed by atoms with Crippen LogP contribution in [0.5, 0.6) is 0 Å². The number of para-hydroxylation sites is 1. The predicted octanol–water partition coefficient (Wildman–Crippen LogP) is 4.70. The minimum Gasteiger partial charge on any atom is -0.366 e. The summed E-state index contributed by atoms with van der Waals surface area (Å²) in [5.41, 5.74) is 8.50. The van der Waals surface area contributed by atoms with Gasteiger partial charge in [0.15, 0.2) is 0 Å². The monoisotopic (exact) mass is 399 g/mol. The van der Waals surface area contributed by atoms with Crippen LogP contribution in [0.25, 0.3) is 22.2 Å². The SMILES string of the molecule is Cc1c(-c2ccccc2)nc2ccccc2c1C(=O)Nc1ccc(C(N)=O)cc1F. The van der Waals surface area contributed by atoms with Gasteiger partial charge in [0.2, 0.25) is 5.91 Å². The number of carbonyl (C=O) groups excluding carboxylic acids is 2. The second kappa shape index (κ2) is 7.75. The van der Waals surface area contributed by atoms with Crippen LogP contribution in [0.4, 0.5) is 10.1 Å². The number of fused-ring (bicyclic) bond motifs is 1. The number of benzene rings is 3. The molecule has 0 fully saturated rings. The maximum Gasteiger partial charge on any atom is 0.256 e. The first-order chi connectivity index (χ1) is 14.5. The molecule has 1 aromatic heterocycles. The molecular weight excluding hydrogens is 381 g/mol. The summed E-state index contributed by atoms with van der Waals surface area (Å²) < 4.78 is 14.4. The molecule has 4 aromatic rings. The molecule has 6 heteroatoms. The Balaban J connectivity index is 1.83. The highest BCUT2D eigenvalue weighted by atomic mass is 19.1. The molecular formula is C24H18FN3O2. The van der Waals surface area contributed by atoms with Crippen LogP contribution in [-0.2, 0) is 0 Å². The molecule has 0 atom stereocenters. The van der Waals surface area contributed by atoms with Crippen LogP contribution >= 0.6 is 0 Å². The van der Waals surface area contributed by atoms with Crippen LogP contribution in [0.2, 0.25) is 0 Å². The summed E-state index contributed by atoms with van der Waals surface area (Å²) in [5, 5.41) is 3.28. The van der Waals surface area contributed by atoms with Gasteiger partial charge in [-0.2, -0.15) is 0 Å². The van der Waals surface area contributed by atoms with Gasteiger partial charge in [-0.25, -0.2) is 9.37 Å². The van der Waals surface area contributed by atoms with E-state index in [0.717, 1.165) is 11.6 Å². The lowest BCUT2D eigenvalue weighted by atomic mass is 9.97. The average molecular weight is 399 g/mol. The summed E-state index contributed by atoms with van der Waals surface area (Å²) in [6.45, 7) is 1.82. The minimum absolute atomic E-state index is 0.0300. The van der Waals surface area contributed by atoms with Gasteiger partial charge < -0.3 is 11.1 Å². The first-order valence-corrected chi connectivity index (χ1v) is 9.31. The van der Waals surface area contributed by atoms with Gasteiger partial charge in [0.05, 0.1) is 22.5 Å². The first-order valence-electron chi connectivity index (χ1n) is 9.31. The van der Waals surface area contributed by atoms with E-state index in [1.807, 2.05) is 61.5 Å². The van der Waals surface area contributed by atoms with Crippen molar-refractivity contribution in [1.82, 2.24) is 4.98 Å². The zero-order valence-electron chi connectivity index (χ0n) is 16.1. The van der Waals surface area contributed by atoms with Crippen LogP contribution in [-0.4, -0.2) is 16.8 Å². The molecule has 4 rings (SSSR count). The van der Waals surface area contributed by atoms with E-state index >= 15 is 0 Å². The fourth-order valence-electron chi connectivity index (χ4n) is 3.43. The van der Waals surface area contributed by atoms with Gasteiger partial charge in [0, 0.05) is 16.5 Å². The van der Waals surface area contributed by atoms with Crippen molar-refractivity contribution in [3.8, 4) is 11.3 Å². The van der Waals surface area contributed by atoms with Crippen LogP contribution < -0.4 is 11.1 Å². The maximum absolute atomic E-state index is 14.4. The highest BCUT2D eigenvalue weighted by molar-refractivity contribution is 6.14. The summed E-state index contributed by atoms with van der Waals surface area (Å²) in [6.07, 6.45) is 0. The van der Waals surface area contributed by atoms with Crippen molar-refractivity contribution in [2.75, 3.05) is 5.32 Å². The molecule has 1 heterocycles. The van der Waals surface area contributed by atoms with E-state index < -0.39 is 17.6 Å². The van der Waals surface area contributed by atoms with Gasteiger partial charge in [-0.1, -0.05) is 48.5 Å². The standard InChI is InChI=1S/C24H18FN3O2/c1-14-21(24(30)28-20-12-11-16(23(26)29)13-18(20)25)17-9-5-6-10-19(17)27-22(14)15-7-3-2-4-8-15/h2-13H,1H3,(H2,26,29)(H,28,30). The van der Waals surface area contributed by atoms with Crippen LogP contribution in [0, 0.1) is 12.7 Å². The molecule has 3 aromatic carbocycles. The number of primary amides is 1. The third kappa shape index (κ3) is 3.51. The number of aromatic nitrogens is 1. The van der Waals surface area contributed by atoms with Crippen molar-refractivity contribution < 1.29 is 14.0 Å². The highest BCUT2D eigenvalue weighted by Crippen LogP contribution is 2.30. The number of pyridine rings is 1. The quantitative estimate of drug-likeness (QED) is 0.522. The predicted molar refractivity (Wildman–Crippen MR) is 115 cm³/mol. The molecule has 0 saturated carbocycles. The summed E-state index contributed by atoms with van der Waals surface area (Å²) in [4.78, 5) is 29.2. The van der Waals surface area contributed by atoms with E-state index in [4.69, 9.17) is 10.7 Å². The number of nitrogens with two attached hydrogens (primary N) is 1. The number of hydrogen-bond acceptors (Lipinski definition) is 3. The van der Waals surface area contributed by atoms with Gasteiger partial charge in [-0.05, 0) is 36.8 Å². The fourth-order valence-corrected chi connectivity index (χ4v) is 3.43. The molecule has 0 aliphatic heterocycles. The summed E-state index contributed by atoms with van der Waals surface area (Å²) in [5.74, 6) is -1.94. The lowest BCUT2D eigenvalue weighted by Crippen LogP contribution is -2.17. The second-order valence-corrected chi connectivity index (χ2v) is 6.86. The van der Waals surface area contributed by atoms with Gasteiger partial charge >= 0.3 is 0 Å². The lowest BCUT2D eigenvalue weighted by molar-refractivity contribution is 0.0998. The number of anilines is 1. The summed E-state index contributed by atoms with van der Waals surface area (Å²) in [6, 6.07) is 20.6. The Morgan fingerprint density at radius 2 is 1.67 bits per heavy atom. The van der Waals surface area contributed by atoms with E-state index in [-0.39, 0.29) is 11.3 Å². The summed E-state index contributed by atoms with van der Waals surface area (Å²) in [7, 11) is 0. The smallest absolute Gasteiger partial charge is 0.256 e.